The number of aromatic nitrogens is 1. The molecule has 2 amide bonds. The maximum absolute atomic E-state index is 13.1. The van der Waals surface area contributed by atoms with E-state index in [9.17, 15) is 9.59 Å². The van der Waals surface area contributed by atoms with E-state index in [-0.39, 0.29) is 17.7 Å². The second-order valence-electron chi connectivity index (χ2n) is 10.1. The number of halogens is 2. The largest absolute Gasteiger partial charge is 0.348 e. The molecule has 1 aliphatic heterocycles. The van der Waals surface area contributed by atoms with Crippen LogP contribution >= 0.6 is 23.2 Å². The van der Waals surface area contributed by atoms with Gasteiger partial charge in [0.25, 0.3) is 5.91 Å². The van der Waals surface area contributed by atoms with E-state index in [1.807, 2.05) is 48.8 Å². The molecule has 2 fully saturated rings. The summed E-state index contributed by atoms with van der Waals surface area (Å²) in [6.07, 6.45) is 11.1. The summed E-state index contributed by atoms with van der Waals surface area (Å²) in [4.78, 5) is 30.8. The Morgan fingerprint density at radius 2 is 1.59 bits per heavy atom. The standard InChI is InChI=1S/C30H31Cl2N3O2/c31-27-17-24(21-6-8-22(9-7-21)29(36)34-19-20-10-13-33-14-11-20)18-28(32)26(27)16-23-12-15-35(30(23)37)25-4-2-1-3-5-25/h6-11,13-14,17-18,23,25H,1-5,12,15-16,19H2,(H,34,36)/p+1. The summed E-state index contributed by atoms with van der Waals surface area (Å²) in [5.41, 5.74) is 4.25. The molecule has 1 saturated carbocycles. The van der Waals surface area contributed by atoms with E-state index in [0.29, 0.717) is 34.6 Å². The molecule has 37 heavy (non-hydrogen) atoms. The summed E-state index contributed by atoms with van der Waals surface area (Å²) < 4.78 is 0. The van der Waals surface area contributed by atoms with Crippen molar-refractivity contribution < 1.29 is 14.6 Å². The van der Waals surface area contributed by atoms with Crippen LogP contribution < -0.4 is 10.3 Å². The molecule has 0 bridgehead atoms. The van der Waals surface area contributed by atoms with Gasteiger partial charge in [-0.25, -0.2) is 4.98 Å². The summed E-state index contributed by atoms with van der Waals surface area (Å²) in [6.45, 7) is 1.30. The van der Waals surface area contributed by atoms with Crippen LogP contribution in [0.25, 0.3) is 11.1 Å². The molecule has 0 radical (unpaired) electrons. The van der Waals surface area contributed by atoms with Gasteiger partial charge in [0.15, 0.2) is 12.4 Å². The summed E-state index contributed by atoms with van der Waals surface area (Å²) >= 11 is 13.4. The molecular formula is C30H32Cl2N3O2+. The predicted molar refractivity (Wildman–Crippen MR) is 146 cm³/mol. The highest BCUT2D eigenvalue weighted by Gasteiger charge is 2.36. The fraction of sp³-hybridized carbons (Fsp3) is 0.367. The normalized spacial score (nSPS) is 18.3. The molecule has 1 atom stereocenters. The first kappa shape index (κ1) is 25.7. The van der Waals surface area contributed by atoms with Gasteiger partial charge in [-0.2, -0.15) is 0 Å². The Hall–Kier alpha value is -2.89. The van der Waals surface area contributed by atoms with E-state index >= 15 is 0 Å². The molecule has 1 unspecified atom stereocenters. The lowest BCUT2D eigenvalue weighted by molar-refractivity contribution is -0.378. The topological polar surface area (TPSA) is 63.6 Å². The summed E-state index contributed by atoms with van der Waals surface area (Å²) in [5.74, 6) is 0.0615. The summed E-state index contributed by atoms with van der Waals surface area (Å²) in [7, 11) is 0. The SMILES string of the molecule is O=C(NCc1cc[nH+]cc1)c1ccc(-c2cc(Cl)c(CC3CCN(C4CCCCC4)C3=O)c(Cl)c2)cc1. The number of pyridine rings is 1. The second kappa shape index (κ2) is 11.7. The van der Waals surface area contributed by atoms with Crippen LogP contribution in [0.2, 0.25) is 10.0 Å². The van der Waals surface area contributed by atoms with Crippen LogP contribution in [-0.4, -0.2) is 29.3 Å². The van der Waals surface area contributed by atoms with E-state index < -0.39 is 0 Å². The smallest absolute Gasteiger partial charge is 0.251 e. The van der Waals surface area contributed by atoms with Gasteiger partial charge in [0, 0.05) is 52.8 Å². The number of hydrogen-bond acceptors (Lipinski definition) is 2. The van der Waals surface area contributed by atoms with Crippen LogP contribution in [0, 0.1) is 5.92 Å². The quantitative estimate of drug-likeness (QED) is 0.394. The molecule has 2 aromatic carbocycles. The van der Waals surface area contributed by atoms with Crippen LogP contribution in [0.15, 0.2) is 60.9 Å². The predicted octanol–water partition coefficient (Wildman–Crippen LogP) is 6.13. The van der Waals surface area contributed by atoms with Gasteiger partial charge in [-0.1, -0.05) is 54.6 Å². The van der Waals surface area contributed by atoms with Gasteiger partial charge in [0.2, 0.25) is 5.91 Å². The molecule has 3 aromatic rings. The molecule has 2 N–H and O–H groups in total. The van der Waals surface area contributed by atoms with Crippen molar-refractivity contribution in [2.45, 2.75) is 57.5 Å². The van der Waals surface area contributed by atoms with Gasteiger partial charge in [-0.15, -0.1) is 0 Å². The Balaban J connectivity index is 1.23. The zero-order valence-corrected chi connectivity index (χ0v) is 22.3. The van der Waals surface area contributed by atoms with Crippen molar-refractivity contribution in [1.82, 2.24) is 10.2 Å². The molecule has 2 aliphatic rings. The number of nitrogens with one attached hydrogen (secondary N) is 2. The Labute approximate surface area is 228 Å². The maximum Gasteiger partial charge on any atom is 0.251 e. The molecule has 1 aliphatic carbocycles. The minimum atomic E-state index is -0.130. The van der Waals surface area contributed by atoms with Gasteiger partial charge in [0.05, 0.1) is 0 Å². The Bertz CT molecular complexity index is 1230. The fourth-order valence-electron chi connectivity index (χ4n) is 5.56. The van der Waals surface area contributed by atoms with E-state index in [2.05, 4.69) is 15.2 Å². The van der Waals surface area contributed by atoms with Crippen LogP contribution in [0.3, 0.4) is 0 Å². The molecule has 192 valence electrons. The number of H-pyrrole nitrogens is 1. The minimum Gasteiger partial charge on any atom is -0.348 e. The van der Waals surface area contributed by atoms with E-state index in [0.717, 1.165) is 48.1 Å². The van der Waals surface area contributed by atoms with E-state index in [1.54, 1.807) is 12.1 Å². The third kappa shape index (κ3) is 6.00. The molecule has 5 nitrogen and oxygen atoms in total. The molecule has 1 aromatic heterocycles. The Morgan fingerprint density at radius 3 is 2.27 bits per heavy atom. The van der Waals surface area contributed by atoms with E-state index in [4.69, 9.17) is 23.2 Å². The zero-order valence-electron chi connectivity index (χ0n) is 20.8. The third-order valence-corrected chi connectivity index (χ3v) is 8.35. The van der Waals surface area contributed by atoms with Gasteiger partial charge in [-0.05, 0) is 72.2 Å². The number of carbonyl (C=O) groups excluding carboxylic acids is 2. The second-order valence-corrected chi connectivity index (χ2v) is 10.9. The lowest BCUT2D eigenvalue weighted by Gasteiger charge is -2.31. The lowest BCUT2D eigenvalue weighted by Crippen LogP contribution is -2.39. The van der Waals surface area contributed by atoms with Crippen molar-refractivity contribution in [3.05, 3.63) is 87.7 Å². The van der Waals surface area contributed by atoms with Crippen molar-refractivity contribution in [3.63, 3.8) is 0 Å². The Kier molecular flexibility index (Phi) is 8.11. The zero-order chi connectivity index (χ0) is 25.8. The van der Waals surface area contributed by atoms with Gasteiger partial charge >= 0.3 is 0 Å². The number of benzene rings is 2. The molecule has 2 heterocycles. The minimum absolute atomic E-state index is 0.0606. The number of aromatic amines is 1. The average Bonchev–Trinajstić information content (AvgIpc) is 3.30. The molecule has 7 heteroatoms. The van der Waals surface area contributed by atoms with Crippen LogP contribution in [-0.2, 0) is 17.8 Å². The number of likely N-dealkylation sites (tertiary alicyclic amines) is 1. The van der Waals surface area contributed by atoms with Crippen molar-refractivity contribution >= 4 is 35.0 Å². The molecule has 0 spiro atoms. The van der Waals surface area contributed by atoms with Gasteiger partial charge in [0.1, 0.15) is 0 Å². The van der Waals surface area contributed by atoms with Crippen molar-refractivity contribution in [2.24, 2.45) is 5.92 Å². The van der Waals surface area contributed by atoms with Crippen molar-refractivity contribution in [3.8, 4) is 11.1 Å². The first-order chi connectivity index (χ1) is 18.0. The Morgan fingerprint density at radius 1 is 0.919 bits per heavy atom. The number of rotatable bonds is 7. The number of carbonyl (C=O) groups is 2. The van der Waals surface area contributed by atoms with Crippen LogP contribution in [0.4, 0.5) is 0 Å². The highest BCUT2D eigenvalue weighted by Crippen LogP contribution is 2.36. The molecular weight excluding hydrogens is 505 g/mol. The average molecular weight is 538 g/mol. The van der Waals surface area contributed by atoms with E-state index in [1.165, 1.54) is 19.3 Å². The first-order valence-electron chi connectivity index (χ1n) is 13.1. The third-order valence-electron chi connectivity index (χ3n) is 7.68. The van der Waals surface area contributed by atoms with Gasteiger partial charge < -0.3 is 10.2 Å². The first-order valence-corrected chi connectivity index (χ1v) is 13.9. The summed E-state index contributed by atoms with van der Waals surface area (Å²) in [6, 6.07) is 15.5. The highest BCUT2D eigenvalue weighted by atomic mass is 35.5. The number of amides is 2. The monoisotopic (exact) mass is 536 g/mol. The van der Waals surface area contributed by atoms with Crippen LogP contribution in [0.5, 0.6) is 0 Å². The summed E-state index contributed by atoms with van der Waals surface area (Å²) in [5, 5.41) is 4.09. The molecule has 1 saturated heterocycles. The van der Waals surface area contributed by atoms with Crippen molar-refractivity contribution in [2.75, 3.05) is 6.54 Å². The van der Waals surface area contributed by atoms with Crippen LogP contribution in [0.1, 0.15) is 60.0 Å². The number of hydrogen-bond donors (Lipinski definition) is 1. The lowest BCUT2D eigenvalue weighted by atomic mass is 9.93. The van der Waals surface area contributed by atoms with Crippen molar-refractivity contribution in [1.29, 1.82) is 0 Å². The highest BCUT2D eigenvalue weighted by molar-refractivity contribution is 6.36. The van der Waals surface area contributed by atoms with Gasteiger partial charge in [-0.3, -0.25) is 9.59 Å². The maximum atomic E-state index is 13.1. The fourth-order valence-corrected chi connectivity index (χ4v) is 6.20. The number of nitrogens with zero attached hydrogens (tertiary/aromatic N) is 1. The molecule has 5 rings (SSSR count).